The maximum absolute atomic E-state index is 14.8. The second-order valence-corrected chi connectivity index (χ2v) is 8.55. The number of aromatic nitrogens is 2. The van der Waals surface area contributed by atoms with E-state index < -0.39 is 0 Å². The highest BCUT2D eigenvalue weighted by molar-refractivity contribution is 7.80. The first kappa shape index (κ1) is 21.2. The molecule has 0 amide bonds. The molecule has 0 aliphatic carbocycles. The molecule has 166 valence electrons. The lowest BCUT2D eigenvalue weighted by Gasteiger charge is -2.29. The standard InChI is InChI=1S/C26H24FN5S/c1-30(2)18-12-14-19(15-13-18)32-25(24(29-26(32)33)21-9-5-6-16-28-21)23-11-7-17-31(23)22-10-4-3-8-20(22)27/h3-17,24-25H,1-2H3,(H,29,33)/t24-,25+/m1/s1. The first-order valence-corrected chi connectivity index (χ1v) is 11.2. The van der Waals surface area contributed by atoms with Crippen molar-refractivity contribution in [3.63, 3.8) is 0 Å². The third kappa shape index (κ3) is 3.85. The largest absolute Gasteiger partial charge is 0.378 e. The van der Waals surface area contributed by atoms with Crippen LogP contribution in [0.2, 0.25) is 0 Å². The number of thiocarbonyl (C=S) groups is 1. The van der Waals surface area contributed by atoms with Crippen LogP contribution in [0.4, 0.5) is 15.8 Å². The van der Waals surface area contributed by atoms with Crippen LogP contribution in [0.25, 0.3) is 5.69 Å². The van der Waals surface area contributed by atoms with Gasteiger partial charge in [-0.1, -0.05) is 18.2 Å². The molecule has 1 N–H and O–H groups in total. The Morgan fingerprint density at radius 1 is 0.939 bits per heavy atom. The van der Waals surface area contributed by atoms with Gasteiger partial charge in [0.2, 0.25) is 0 Å². The summed E-state index contributed by atoms with van der Waals surface area (Å²) in [4.78, 5) is 8.76. The fraction of sp³-hybridized carbons (Fsp3) is 0.154. The first-order valence-electron chi connectivity index (χ1n) is 10.7. The van der Waals surface area contributed by atoms with E-state index in [1.165, 1.54) is 6.07 Å². The van der Waals surface area contributed by atoms with Crippen LogP contribution in [0, 0.1) is 5.82 Å². The van der Waals surface area contributed by atoms with Crippen LogP contribution < -0.4 is 15.1 Å². The van der Waals surface area contributed by atoms with Crippen molar-refractivity contribution in [3.05, 3.63) is 108 Å². The Hall–Kier alpha value is -3.71. The minimum atomic E-state index is -0.278. The van der Waals surface area contributed by atoms with Gasteiger partial charge < -0.3 is 19.7 Å². The predicted molar refractivity (Wildman–Crippen MR) is 134 cm³/mol. The highest BCUT2D eigenvalue weighted by Crippen LogP contribution is 2.42. The maximum atomic E-state index is 14.8. The van der Waals surface area contributed by atoms with Gasteiger partial charge in [0.05, 0.1) is 17.4 Å². The van der Waals surface area contributed by atoms with Crippen molar-refractivity contribution < 1.29 is 4.39 Å². The molecular weight excluding hydrogens is 433 g/mol. The molecule has 0 radical (unpaired) electrons. The summed E-state index contributed by atoms with van der Waals surface area (Å²) in [5.41, 5.74) is 4.35. The first-order chi connectivity index (χ1) is 16.0. The normalized spacial score (nSPS) is 17.8. The highest BCUT2D eigenvalue weighted by atomic mass is 32.1. The SMILES string of the molecule is CN(C)c1ccc(N2C(=S)N[C@H](c3ccccn3)[C@@H]2c2cccn2-c2ccccc2F)cc1. The van der Waals surface area contributed by atoms with E-state index in [1.807, 2.05) is 61.3 Å². The van der Waals surface area contributed by atoms with E-state index in [1.54, 1.807) is 18.3 Å². The Bertz CT molecular complexity index is 1270. The van der Waals surface area contributed by atoms with Gasteiger partial charge in [-0.3, -0.25) is 4.98 Å². The number of nitrogens with one attached hydrogen (secondary N) is 1. The minimum Gasteiger partial charge on any atom is -0.378 e. The summed E-state index contributed by atoms with van der Waals surface area (Å²) >= 11 is 5.81. The predicted octanol–water partition coefficient (Wildman–Crippen LogP) is 5.25. The van der Waals surface area contributed by atoms with Gasteiger partial charge in [0.25, 0.3) is 0 Å². The van der Waals surface area contributed by atoms with Crippen LogP contribution in [-0.2, 0) is 0 Å². The molecule has 5 nitrogen and oxygen atoms in total. The Morgan fingerprint density at radius 2 is 1.70 bits per heavy atom. The fourth-order valence-corrected chi connectivity index (χ4v) is 4.69. The zero-order valence-corrected chi connectivity index (χ0v) is 19.2. The van der Waals surface area contributed by atoms with E-state index in [9.17, 15) is 4.39 Å². The van der Waals surface area contributed by atoms with Gasteiger partial charge >= 0.3 is 0 Å². The highest BCUT2D eigenvalue weighted by Gasteiger charge is 2.42. The molecule has 1 aliphatic heterocycles. The zero-order chi connectivity index (χ0) is 22.9. The molecule has 4 aromatic rings. The molecule has 2 aromatic heterocycles. The summed E-state index contributed by atoms with van der Waals surface area (Å²) in [6, 6.07) is 24.4. The van der Waals surface area contributed by atoms with Gasteiger partial charge in [-0.25, -0.2) is 4.39 Å². The second-order valence-electron chi connectivity index (χ2n) is 8.16. The summed E-state index contributed by atoms with van der Waals surface area (Å²) in [5, 5.41) is 4.07. The monoisotopic (exact) mass is 457 g/mol. The smallest absolute Gasteiger partial charge is 0.174 e. The number of para-hydroxylation sites is 1. The molecule has 0 spiro atoms. The van der Waals surface area contributed by atoms with Crippen molar-refractivity contribution >= 4 is 28.7 Å². The van der Waals surface area contributed by atoms with E-state index >= 15 is 0 Å². The van der Waals surface area contributed by atoms with Crippen molar-refractivity contribution in [3.8, 4) is 5.69 Å². The summed E-state index contributed by atoms with van der Waals surface area (Å²) in [5.74, 6) is -0.278. The van der Waals surface area contributed by atoms with Gasteiger partial charge in [-0.2, -0.15) is 0 Å². The Balaban J connectivity index is 1.65. The average molecular weight is 458 g/mol. The molecule has 2 aromatic carbocycles. The second kappa shape index (κ2) is 8.67. The molecule has 33 heavy (non-hydrogen) atoms. The van der Waals surface area contributed by atoms with Gasteiger partial charge in [-0.05, 0) is 72.9 Å². The third-order valence-electron chi connectivity index (χ3n) is 5.94. The number of nitrogens with zero attached hydrogens (tertiary/aromatic N) is 4. The number of anilines is 2. The molecule has 0 bridgehead atoms. The van der Waals surface area contributed by atoms with Crippen molar-refractivity contribution in [2.24, 2.45) is 0 Å². The topological polar surface area (TPSA) is 36.3 Å². The van der Waals surface area contributed by atoms with Gasteiger partial charge in [0.15, 0.2) is 5.11 Å². The van der Waals surface area contributed by atoms with Crippen LogP contribution >= 0.6 is 12.2 Å². The van der Waals surface area contributed by atoms with Crippen molar-refractivity contribution in [1.82, 2.24) is 14.9 Å². The number of halogens is 1. The average Bonchev–Trinajstić information content (AvgIpc) is 3.44. The van der Waals surface area contributed by atoms with E-state index in [4.69, 9.17) is 12.2 Å². The summed E-state index contributed by atoms with van der Waals surface area (Å²) in [6.45, 7) is 0. The molecule has 0 saturated carbocycles. The molecule has 0 unspecified atom stereocenters. The quantitative estimate of drug-likeness (QED) is 0.414. The Morgan fingerprint density at radius 3 is 2.39 bits per heavy atom. The summed E-state index contributed by atoms with van der Waals surface area (Å²) in [6.07, 6.45) is 3.67. The number of pyridine rings is 1. The third-order valence-corrected chi connectivity index (χ3v) is 6.25. The Kier molecular flexibility index (Phi) is 5.56. The molecule has 5 rings (SSSR count). The molecule has 3 heterocycles. The molecule has 1 fully saturated rings. The van der Waals surface area contributed by atoms with Crippen LogP contribution in [0.5, 0.6) is 0 Å². The lowest BCUT2D eigenvalue weighted by Crippen LogP contribution is -2.30. The van der Waals surface area contributed by atoms with Gasteiger partial charge in [-0.15, -0.1) is 0 Å². The van der Waals surface area contributed by atoms with E-state index in [2.05, 4.69) is 44.4 Å². The molecule has 1 aliphatic rings. The Labute approximate surface area is 198 Å². The lowest BCUT2D eigenvalue weighted by molar-refractivity contribution is 0.544. The van der Waals surface area contributed by atoms with Gasteiger partial charge in [0, 0.05) is 43.6 Å². The van der Waals surface area contributed by atoms with Crippen LogP contribution in [0.15, 0.2) is 91.3 Å². The van der Waals surface area contributed by atoms with Crippen molar-refractivity contribution in [2.75, 3.05) is 23.9 Å². The van der Waals surface area contributed by atoms with Crippen molar-refractivity contribution in [2.45, 2.75) is 12.1 Å². The fourth-order valence-electron chi connectivity index (χ4n) is 4.35. The zero-order valence-electron chi connectivity index (χ0n) is 18.4. The number of hydrogen-bond donors (Lipinski definition) is 1. The van der Waals surface area contributed by atoms with Crippen molar-refractivity contribution in [1.29, 1.82) is 0 Å². The molecular formula is C26H24FN5S. The molecule has 7 heteroatoms. The number of hydrogen-bond acceptors (Lipinski definition) is 3. The summed E-state index contributed by atoms with van der Waals surface area (Å²) < 4.78 is 16.7. The lowest BCUT2D eigenvalue weighted by atomic mass is 10.0. The number of rotatable bonds is 5. The van der Waals surface area contributed by atoms with E-state index in [-0.39, 0.29) is 17.9 Å². The number of benzene rings is 2. The van der Waals surface area contributed by atoms with Crippen LogP contribution in [0.1, 0.15) is 23.5 Å². The molecule has 2 atom stereocenters. The van der Waals surface area contributed by atoms with E-state index in [0.29, 0.717) is 10.8 Å². The van der Waals surface area contributed by atoms with Crippen LogP contribution in [0.3, 0.4) is 0 Å². The minimum absolute atomic E-state index is 0.201. The van der Waals surface area contributed by atoms with E-state index in [0.717, 1.165) is 22.8 Å². The van der Waals surface area contributed by atoms with Crippen LogP contribution in [-0.4, -0.2) is 28.8 Å². The van der Waals surface area contributed by atoms with Gasteiger partial charge in [0.1, 0.15) is 11.9 Å². The summed E-state index contributed by atoms with van der Waals surface area (Å²) in [7, 11) is 4.02. The molecule has 1 saturated heterocycles. The maximum Gasteiger partial charge on any atom is 0.174 e.